The molecule has 8 heteroatoms. The van der Waals surface area contributed by atoms with E-state index in [0.717, 1.165) is 0 Å². The molecule has 0 saturated carbocycles. The fraction of sp³-hybridized carbons (Fsp3) is 0.118. The maximum atomic E-state index is 13.2. The number of carbonyl (C=O) groups excluding carboxylic acids is 2. The van der Waals surface area contributed by atoms with Crippen molar-refractivity contribution in [3.05, 3.63) is 59.4 Å². The van der Waals surface area contributed by atoms with Crippen LogP contribution in [0.25, 0.3) is 0 Å². The zero-order chi connectivity index (χ0) is 18.6. The van der Waals surface area contributed by atoms with Gasteiger partial charge in [0.2, 0.25) is 5.91 Å². The van der Waals surface area contributed by atoms with Crippen LogP contribution in [0.1, 0.15) is 10.4 Å². The second-order valence-electron chi connectivity index (χ2n) is 4.90. The fourth-order valence-corrected chi connectivity index (χ4v) is 1.99. The number of nitrogens with zero attached hydrogens (tertiary/aromatic N) is 1. The molecule has 0 fully saturated rings. The number of amides is 1. The lowest BCUT2D eigenvalue weighted by Gasteiger charge is -2.10. The predicted octanol–water partition coefficient (Wildman–Crippen LogP) is 3.07. The van der Waals surface area contributed by atoms with Gasteiger partial charge in [0.15, 0.2) is 29.2 Å². The van der Waals surface area contributed by atoms with Crippen LogP contribution in [-0.2, 0) is 4.79 Å². The van der Waals surface area contributed by atoms with Crippen molar-refractivity contribution in [1.82, 2.24) is 0 Å². The van der Waals surface area contributed by atoms with Gasteiger partial charge in [-0.1, -0.05) is 0 Å². The molecule has 0 bridgehead atoms. The van der Waals surface area contributed by atoms with Gasteiger partial charge >= 0.3 is 0 Å². The van der Waals surface area contributed by atoms with E-state index in [-0.39, 0.29) is 5.69 Å². The Hall–Kier alpha value is -3.34. The molecule has 2 aromatic rings. The van der Waals surface area contributed by atoms with Gasteiger partial charge in [-0.3, -0.25) is 9.59 Å². The molecule has 0 aliphatic heterocycles. The van der Waals surface area contributed by atoms with Crippen molar-refractivity contribution in [3.8, 4) is 11.8 Å². The van der Waals surface area contributed by atoms with E-state index in [1.54, 1.807) is 12.1 Å². The number of anilines is 1. The molecule has 1 atom stereocenters. The average Bonchev–Trinajstić information content (AvgIpc) is 2.60. The molecule has 0 aliphatic rings. The summed E-state index contributed by atoms with van der Waals surface area (Å²) in [6.07, 6.45) is 0. The molecule has 0 aromatic heterocycles. The third kappa shape index (κ3) is 3.95. The number of hydrogen-bond donors (Lipinski definition) is 1. The van der Waals surface area contributed by atoms with Gasteiger partial charge in [0.25, 0.3) is 0 Å². The van der Waals surface area contributed by atoms with E-state index in [1.165, 1.54) is 25.3 Å². The van der Waals surface area contributed by atoms with Gasteiger partial charge in [-0.25, -0.2) is 13.2 Å². The molecule has 0 radical (unpaired) electrons. The van der Waals surface area contributed by atoms with Crippen molar-refractivity contribution < 1.29 is 27.5 Å². The molecule has 0 spiro atoms. The molecule has 0 saturated heterocycles. The number of halogens is 3. The highest BCUT2D eigenvalue weighted by atomic mass is 19.2. The highest BCUT2D eigenvalue weighted by Gasteiger charge is 2.29. The van der Waals surface area contributed by atoms with Crippen LogP contribution in [0, 0.1) is 34.7 Å². The Morgan fingerprint density at radius 2 is 1.68 bits per heavy atom. The molecular weight excluding hydrogens is 337 g/mol. The maximum Gasteiger partial charge on any atom is 0.249 e. The molecule has 1 N–H and O–H groups in total. The van der Waals surface area contributed by atoms with Crippen LogP contribution in [-0.4, -0.2) is 18.8 Å². The number of nitriles is 1. The highest BCUT2D eigenvalue weighted by molar-refractivity contribution is 6.15. The van der Waals surface area contributed by atoms with Crippen LogP contribution in [0.3, 0.4) is 0 Å². The van der Waals surface area contributed by atoms with E-state index in [4.69, 9.17) is 10.00 Å². The van der Waals surface area contributed by atoms with E-state index < -0.39 is 40.6 Å². The van der Waals surface area contributed by atoms with Crippen LogP contribution >= 0.6 is 0 Å². The number of rotatable bonds is 5. The monoisotopic (exact) mass is 348 g/mol. The van der Waals surface area contributed by atoms with Crippen molar-refractivity contribution in [2.75, 3.05) is 12.4 Å². The number of carbonyl (C=O) groups is 2. The molecule has 1 amide bonds. The third-order valence-electron chi connectivity index (χ3n) is 3.28. The Bertz CT molecular complexity index is 837. The maximum absolute atomic E-state index is 13.2. The predicted molar refractivity (Wildman–Crippen MR) is 81.4 cm³/mol. The van der Waals surface area contributed by atoms with Crippen molar-refractivity contribution in [2.24, 2.45) is 5.92 Å². The van der Waals surface area contributed by atoms with Gasteiger partial charge in [-0.15, -0.1) is 0 Å². The summed E-state index contributed by atoms with van der Waals surface area (Å²) in [5.41, 5.74) is -0.330. The quantitative estimate of drug-likeness (QED) is 0.512. The van der Waals surface area contributed by atoms with E-state index >= 15 is 0 Å². The van der Waals surface area contributed by atoms with E-state index in [1.807, 2.05) is 0 Å². The Balaban J connectivity index is 2.21. The van der Waals surface area contributed by atoms with Gasteiger partial charge in [0.1, 0.15) is 5.75 Å². The van der Waals surface area contributed by atoms with E-state index in [2.05, 4.69) is 5.32 Å². The molecule has 128 valence electrons. The van der Waals surface area contributed by atoms with Crippen LogP contribution in [0.15, 0.2) is 36.4 Å². The Labute approximate surface area is 140 Å². The molecule has 0 unspecified atom stereocenters. The average molecular weight is 348 g/mol. The lowest BCUT2D eigenvalue weighted by atomic mass is 9.97. The first-order chi connectivity index (χ1) is 11.9. The van der Waals surface area contributed by atoms with Crippen LogP contribution in [0.5, 0.6) is 5.75 Å². The topological polar surface area (TPSA) is 79.2 Å². The van der Waals surface area contributed by atoms with Gasteiger partial charge in [-0.2, -0.15) is 5.26 Å². The summed E-state index contributed by atoms with van der Waals surface area (Å²) in [5, 5.41) is 11.4. The van der Waals surface area contributed by atoms with Crippen LogP contribution in [0.4, 0.5) is 18.9 Å². The number of hydrogen-bond acceptors (Lipinski definition) is 4. The van der Waals surface area contributed by atoms with Crippen molar-refractivity contribution in [3.63, 3.8) is 0 Å². The number of Topliss-reactive ketones (excluding diaryl/α,β-unsaturated/α-hetero) is 1. The lowest BCUT2D eigenvalue weighted by molar-refractivity contribution is -0.117. The molecule has 0 aliphatic carbocycles. The molecule has 2 aromatic carbocycles. The summed E-state index contributed by atoms with van der Waals surface area (Å²) in [6, 6.07) is 8.39. The van der Waals surface area contributed by atoms with Gasteiger partial charge in [0.05, 0.1) is 13.2 Å². The van der Waals surface area contributed by atoms with Crippen molar-refractivity contribution >= 4 is 17.4 Å². The third-order valence-corrected chi connectivity index (χ3v) is 3.28. The number of ether oxygens (including phenoxy) is 1. The minimum absolute atomic E-state index is 0.287. The number of nitrogens with one attached hydrogen (secondary N) is 1. The summed E-state index contributed by atoms with van der Waals surface area (Å²) >= 11 is 0. The second kappa shape index (κ2) is 7.49. The normalized spacial score (nSPS) is 11.3. The SMILES string of the molecule is COc1ccc(NC(=O)[C@H](C#N)C(=O)c2cc(F)c(F)c(F)c2)cc1. The standard InChI is InChI=1S/C17H11F3N2O3/c1-25-11-4-2-10(3-5-11)22-17(24)12(8-21)16(23)9-6-13(18)15(20)14(19)7-9/h2-7,12H,1H3,(H,22,24)/t12-/m1/s1. The van der Waals surface area contributed by atoms with Crippen molar-refractivity contribution in [1.29, 1.82) is 5.26 Å². The van der Waals surface area contributed by atoms with Crippen LogP contribution in [0.2, 0.25) is 0 Å². The van der Waals surface area contributed by atoms with E-state index in [0.29, 0.717) is 17.9 Å². The zero-order valence-corrected chi connectivity index (χ0v) is 12.8. The summed E-state index contributed by atoms with van der Waals surface area (Å²) in [4.78, 5) is 24.3. The molecule has 0 heterocycles. The van der Waals surface area contributed by atoms with Gasteiger partial charge in [-0.05, 0) is 36.4 Å². The largest absolute Gasteiger partial charge is 0.497 e. The summed E-state index contributed by atoms with van der Waals surface area (Å²) in [7, 11) is 1.46. The zero-order valence-electron chi connectivity index (χ0n) is 12.8. The Morgan fingerprint density at radius 1 is 1.12 bits per heavy atom. The minimum atomic E-state index is -1.86. The number of ketones is 1. The lowest BCUT2D eigenvalue weighted by Crippen LogP contribution is -2.29. The fourth-order valence-electron chi connectivity index (χ4n) is 1.99. The number of benzene rings is 2. The highest BCUT2D eigenvalue weighted by Crippen LogP contribution is 2.19. The summed E-state index contributed by atoms with van der Waals surface area (Å²) in [5.74, 6) is -8.37. The second-order valence-corrected chi connectivity index (χ2v) is 4.90. The van der Waals surface area contributed by atoms with Gasteiger partial charge < -0.3 is 10.1 Å². The minimum Gasteiger partial charge on any atom is -0.497 e. The Morgan fingerprint density at radius 3 is 2.16 bits per heavy atom. The summed E-state index contributed by atoms with van der Waals surface area (Å²) < 4.78 is 44.3. The smallest absolute Gasteiger partial charge is 0.249 e. The Kier molecular flexibility index (Phi) is 5.39. The first-order valence-electron chi connectivity index (χ1n) is 6.90. The van der Waals surface area contributed by atoms with Crippen LogP contribution < -0.4 is 10.1 Å². The van der Waals surface area contributed by atoms with Crippen molar-refractivity contribution in [2.45, 2.75) is 0 Å². The molecule has 25 heavy (non-hydrogen) atoms. The summed E-state index contributed by atoms with van der Waals surface area (Å²) in [6.45, 7) is 0. The molecule has 2 rings (SSSR count). The number of methoxy groups -OCH3 is 1. The van der Waals surface area contributed by atoms with E-state index in [9.17, 15) is 22.8 Å². The first-order valence-corrected chi connectivity index (χ1v) is 6.90. The molecular formula is C17H11F3N2O3. The van der Waals surface area contributed by atoms with Gasteiger partial charge in [0, 0.05) is 11.3 Å². The first kappa shape index (κ1) is 18.0. The molecule has 5 nitrogen and oxygen atoms in total.